The van der Waals surface area contributed by atoms with Gasteiger partial charge in [0.2, 0.25) is 5.69 Å². The normalized spacial score (nSPS) is 15.8. The lowest BCUT2D eigenvalue weighted by molar-refractivity contribution is 0.315. The summed E-state index contributed by atoms with van der Waals surface area (Å²) in [5, 5.41) is 18.2. The Morgan fingerprint density at radius 3 is 2.85 bits per heavy atom. The Balaban J connectivity index is 1.80. The van der Waals surface area contributed by atoms with Gasteiger partial charge in [0, 0.05) is 23.5 Å². The van der Waals surface area contributed by atoms with E-state index in [1.165, 1.54) is 12.8 Å². The summed E-state index contributed by atoms with van der Waals surface area (Å²) in [6, 6.07) is 4.47. The van der Waals surface area contributed by atoms with E-state index in [0.29, 0.717) is 18.0 Å². The molecule has 4 rings (SSSR count). The molecule has 0 spiro atoms. The van der Waals surface area contributed by atoms with Crippen LogP contribution in [0.2, 0.25) is 0 Å². The molecule has 0 amide bonds. The van der Waals surface area contributed by atoms with E-state index in [1.807, 2.05) is 36.3 Å². The first kappa shape index (κ1) is 16.4. The maximum atomic E-state index is 9.27. The molecule has 0 radical (unpaired) electrons. The molecule has 6 nitrogen and oxygen atoms in total. The van der Waals surface area contributed by atoms with Gasteiger partial charge in [0.15, 0.2) is 0 Å². The van der Waals surface area contributed by atoms with Crippen LogP contribution in [0, 0.1) is 30.7 Å². The van der Waals surface area contributed by atoms with E-state index in [9.17, 15) is 5.26 Å². The number of nitrogens with zero attached hydrogens (tertiary/aromatic N) is 6. The molecular weight excluding hydrogens is 324 g/mol. The maximum absolute atomic E-state index is 9.27. The van der Waals surface area contributed by atoms with Crippen molar-refractivity contribution in [2.24, 2.45) is 5.92 Å². The van der Waals surface area contributed by atoms with E-state index >= 15 is 0 Å². The van der Waals surface area contributed by atoms with Crippen LogP contribution in [0.4, 0.5) is 5.69 Å². The molecule has 26 heavy (non-hydrogen) atoms. The summed E-state index contributed by atoms with van der Waals surface area (Å²) in [6.45, 7) is 9.53. The quantitative estimate of drug-likeness (QED) is 0.644. The molecule has 0 saturated heterocycles. The van der Waals surface area contributed by atoms with Gasteiger partial charge in [-0.3, -0.25) is 4.68 Å². The highest BCUT2D eigenvalue weighted by molar-refractivity contribution is 5.90. The Bertz CT molecular complexity index is 1020. The number of fused-ring (bicyclic) bond motifs is 1. The van der Waals surface area contributed by atoms with Crippen molar-refractivity contribution in [3.63, 3.8) is 0 Å². The molecule has 1 atom stereocenters. The van der Waals surface area contributed by atoms with Crippen LogP contribution < -0.4 is 0 Å². The first-order valence-corrected chi connectivity index (χ1v) is 8.98. The Morgan fingerprint density at radius 1 is 1.31 bits per heavy atom. The van der Waals surface area contributed by atoms with Gasteiger partial charge in [0.25, 0.3) is 0 Å². The minimum Gasteiger partial charge on any atom is -0.268 e. The van der Waals surface area contributed by atoms with Gasteiger partial charge in [-0.2, -0.15) is 15.5 Å². The highest BCUT2D eigenvalue weighted by Gasteiger charge is 2.27. The predicted octanol–water partition coefficient (Wildman–Crippen LogP) is 4.70. The second-order valence-electron chi connectivity index (χ2n) is 7.05. The molecule has 0 aromatic carbocycles. The first-order valence-electron chi connectivity index (χ1n) is 8.98. The number of aryl methyl sites for hydroxylation is 1. The largest absolute Gasteiger partial charge is 0.268 e. The summed E-state index contributed by atoms with van der Waals surface area (Å²) in [5.41, 5.74) is 4.29. The molecule has 3 heterocycles. The molecule has 130 valence electrons. The topological polar surface area (TPSA) is 63.3 Å². The van der Waals surface area contributed by atoms with Crippen molar-refractivity contribution in [3.05, 3.63) is 47.8 Å². The number of aromatic nitrogens is 4. The third-order valence-electron chi connectivity index (χ3n) is 5.35. The maximum Gasteiger partial charge on any atom is 0.216 e. The molecule has 6 heteroatoms. The monoisotopic (exact) mass is 344 g/mol. The zero-order valence-corrected chi connectivity index (χ0v) is 14.8. The molecule has 1 unspecified atom stereocenters. The molecule has 1 saturated carbocycles. The Morgan fingerprint density at radius 2 is 2.12 bits per heavy atom. The third kappa shape index (κ3) is 2.74. The van der Waals surface area contributed by atoms with Crippen molar-refractivity contribution >= 4 is 11.2 Å². The lowest BCUT2D eigenvalue weighted by atomic mass is 9.96. The van der Waals surface area contributed by atoms with Crippen molar-refractivity contribution in [1.29, 1.82) is 5.26 Å². The third-order valence-corrected chi connectivity index (χ3v) is 5.35. The molecular formula is C20H20N6. The smallest absolute Gasteiger partial charge is 0.216 e. The zero-order valence-electron chi connectivity index (χ0n) is 14.8. The van der Waals surface area contributed by atoms with Crippen molar-refractivity contribution in [3.8, 4) is 17.2 Å². The van der Waals surface area contributed by atoms with Crippen LogP contribution in [0.3, 0.4) is 0 Å². The molecule has 3 aromatic heterocycles. The minimum absolute atomic E-state index is 0.110. The predicted molar refractivity (Wildman–Crippen MR) is 98.6 cm³/mol. The van der Waals surface area contributed by atoms with Gasteiger partial charge < -0.3 is 0 Å². The van der Waals surface area contributed by atoms with Crippen molar-refractivity contribution < 1.29 is 0 Å². The Labute approximate surface area is 152 Å². The Kier molecular flexibility index (Phi) is 4.18. The average Bonchev–Trinajstić information content (AvgIpc) is 3.38. The Hall–Kier alpha value is -3.12. The highest BCUT2D eigenvalue weighted by Crippen LogP contribution is 2.38. The van der Waals surface area contributed by atoms with Crippen LogP contribution in [0.1, 0.15) is 43.7 Å². The summed E-state index contributed by atoms with van der Waals surface area (Å²) in [5.74, 6) is 0.510. The van der Waals surface area contributed by atoms with Crippen LogP contribution in [-0.4, -0.2) is 19.4 Å². The van der Waals surface area contributed by atoms with Gasteiger partial charge in [0.05, 0.1) is 43.0 Å². The minimum atomic E-state index is 0.110. The van der Waals surface area contributed by atoms with Crippen molar-refractivity contribution in [2.75, 3.05) is 0 Å². The van der Waals surface area contributed by atoms with Gasteiger partial charge in [-0.15, -0.1) is 0 Å². The van der Waals surface area contributed by atoms with E-state index in [-0.39, 0.29) is 6.04 Å². The van der Waals surface area contributed by atoms with Crippen molar-refractivity contribution in [1.82, 2.24) is 19.4 Å². The second-order valence-corrected chi connectivity index (χ2v) is 7.05. The fraction of sp³-hybridized carbons (Fsp3) is 0.400. The number of rotatable bonds is 4. The van der Waals surface area contributed by atoms with Gasteiger partial charge in [-0.1, -0.05) is 12.8 Å². The fourth-order valence-electron chi connectivity index (χ4n) is 4.12. The second kappa shape index (κ2) is 6.65. The molecule has 0 N–H and O–H groups in total. The molecule has 0 aliphatic heterocycles. The molecule has 1 fully saturated rings. The van der Waals surface area contributed by atoms with E-state index in [2.05, 4.69) is 21.1 Å². The number of nitriles is 1. The highest BCUT2D eigenvalue weighted by atomic mass is 15.3. The van der Waals surface area contributed by atoms with Gasteiger partial charge >= 0.3 is 0 Å². The lowest BCUT2D eigenvalue weighted by Gasteiger charge is -2.21. The summed E-state index contributed by atoms with van der Waals surface area (Å²) in [7, 11) is 0. The van der Waals surface area contributed by atoms with E-state index in [0.717, 1.165) is 35.0 Å². The number of hydrogen-bond acceptors (Lipinski definition) is 3. The van der Waals surface area contributed by atoms with E-state index in [1.54, 1.807) is 10.7 Å². The van der Waals surface area contributed by atoms with Crippen LogP contribution in [-0.2, 0) is 0 Å². The van der Waals surface area contributed by atoms with Crippen LogP contribution in [0.5, 0.6) is 0 Å². The number of hydrogen-bond donors (Lipinski definition) is 0. The van der Waals surface area contributed by atoms with Crippen LogP contribution in [0.15, 0.2) is 30.9 Å². The SMILES string of the molecule is [C-]#[N+]c1cnn2cc(C)cc2c1-c1cnn(C(CC#N)C2CCCC2)c1. The molecule has 3 aromatic rings. The standard InChI is InChI=1S/C20H20N6/c1-14-9-19-20(17(22-2)11-24-25(19)12-14)16-10-23-26(13-16)18(7-8-21)15-5-3-4-6-15/h9-13,15,18H,3-7H2,1H3. The van der Waals surface area contributed by atoms with E-state index < -0.39 is 0 Å². The van der Waals surface area contributed by atoms with Crippen LogP contribution >= 0.6 is 0 Å². The lowest BCUT2D eigenvalue weighted by Crippen LogP contribution is -2.17. The molecule has 1 aliphatic carbocycles. The van der Waals surface area contributed by atoms with Gasteiger partial charge in [-0.25, -0.2) is 9.36 Å². The molecule has 1 aliphatic rings. The van der Waals surface area contributed by atoms with Gasteiger partial charge in [0.1, 0.15) is 0 Å². The van der Waals surface area contributed by atoms with Gasteiger partial charge in [-0.05, 0) is 37.3 Å². The first-order chi connectivity index (χ1) is 12.7. The summed E-state index contributed by atoms with van der Waals surface area (Å²) < 4.78 is 3.75. The van der Waals surface area contributed by atoms with Crippen LogP contribution in [0.25, 0.3) is 21.5 Å². The van der Waals surface area contributed by atoms with E-state index in [4.69, 9.17) is 6.57 Å². The van der Waals surface area contributed by atoms with Crippen molar-refractivity contribution in [2.45, 2.75) is 45.1 Å². The summed E-state index contributed by atoms with van der Waals surface area (Å²) >= 11 is 0. The summed E-state index contributed by atoms with van der Waals surface area (Å²) in [6.07, 6.45) is 12.6. The zero-order chi connectivity index (χ0) is 18.1. The molecule has 0 bridgehead atoms. The average molecular weight is 344 g/mol. The fourth-order valence-corrected chi connectivity index (χ4v) is 4.12. The summed E-state index contributed by atoms with van der Waals surface area (Å²) in [4.78, 5) is 3.66.